The molecular weight excluding hydrogens is 248 g/mol. The van der Waals surface area contributed by atoms with Crippen LogP contribution in [0.3, 0.4) is 0 Å². The van der Waals surface area contributed by atoms with Crippen molar-refractivity contribution in [3.05, 3.63) is 71.4 Å². The minimum Gasteiger partial charge on any atom is -0.399 e. The zero-order valence-corrected chi connectivity index (χ0v) is 11.1. The molecular formula is C17H14N2O. The number of aryl methyl sites for hydroxylation is 1. The normalized spacial score (nSPS) is 10.7. The molecule has 3 nitrogen and oxygen atoms in total. The predicted octanol–water partition coefficient (Wildman–Crippen LogP) is 3.36. The average molecular weight is 262 g/mol. The first-order valence-corrected chi connectivity index (χ1v) is 6.41. The van der Waals surface area contributed by atoms with E-state index in [1.54, 1.807) is 30.3 Å². The lowest BCUT2D eigenvalue weighted by atomic mass is 10.0. The Hall–Kier alpha value is -2.68. The molecule has 98 valence electrons. The van der Waals surface area contributed by atoms with Gasteiger partial charge in [-0.25, -0.2) is 0 Å². The fourth-order valence-corrected chi connectivity index (χ4v) is 2.22. The number of nitrogens with zero attached hydrogens (tertiary/aromatic N) is 1. The highest BCUT2D eigenvalue weighted by Gasteiger charge is 2.10. The van der Waals surface area contributed by atoms with Crippen LogP contribution in [0, 0.1) is 6.92 Å². The second-order valence-electron chi connectivity index (χ2n) is 4.81. The van der Waals surface area contributed by atoms with Gasteiger partial charge in [0.2, 0.25) is 0 Å². The van der Waals surface area contributed by atoms with Crippen LogP contribution in [-0.2, 0) is 0 Å². The Morgan fingerprint density at radius 1 is 1.00 bits per heavy atom. The number of benzene rings is 2. The van der Waals surface area contributed by atoms with Crippen LogP contribution in [0.25, 0.3) is 10.9 Å². The number of hydrogen-bond donors (Lipinski definition) is 1. The van der Waals surface area contributed by atoms with Crippen LogP contribution in [0.15, 0.2) is 54.6 Å². The molecule has 0 aliphatic rings. The summed E-state index contributed by atoms with van der Waals surface area (Å²) in [5.74, 6) is -0.0280. The molecule has 0 radical (unpaired) electrons. The number of anilines is 1. The van der Waals surface area contributed by atoms with E-state index in [-0.39, 0.29) is 5.78 Å². The highest BCUT2D eigenvalue weighted by atomic mass is 16.1. The van der Waals surface area contributed by atoms with Crippen molar-refractivity contribution in [2.75, 3.05) is 5.73 Å². The van der Waals surface area contributed by atoms with E-state index in [2.05, 4.69) is 4.98 Å². The predicted molar refractivity (Wildman–Crippen MR) is 80.8 cm³/mol. The second kappa shape index (κ2) is 4.78. The zero-order chi connectivity index (χ0) is 14.1. The van der Waals surface area contributed by atoms with Crippen molar-refractivity contribution in [2.24, 2.45) is 0 Å². The Kier molecular flexibility index (Phi) is 2.95. The van der Waals surface area contributed by atoms with E-state index in [1.165, 1.54) is 0 Å². The molecule has 0 aliphatic heterocycles. The van der Waals surface area contributed by atoms with E-state index in [1.807, 2.05) is 31.2 Å². The van der Waals surface area contributed by atoms with E-state index >= 15 is 0 Å². The molecule has 3 rings (SSSR count). The van der Waals surface area contributed by atoms with Crippen molar-refractivity contribution < 1.29 is 4.79 Å². The molecule has 0 saturated heterocycles. The smallest absolute Gasteiger partial charge is 0.193 e. The standard InChI is InChI=1S/C17H14N2O/c1-11-5-6-12-9-14(7-8-16(12)19-11)17(20)13-3-2-4-15(18)10-13/h2-10H,18H2,1H3. The fraction of sp³-hybridized carbons (Fsp3) is 0.0588. The Balaban J connectivity index is 2.06. The van der Waals surface area contributed by atoms with Crippen molar-refractivity contribution >= 4 is 22.4 Å². The first-order chi connectivity index (χ1) is 9.63. The molecule has 1 aromatic heterocycles. The Labute approximate surface area is 117 Å². The number of nitrogen functional groups attached to an aromatic ring is 1. The Bertz CT molecular complexity index is 809. The number of nitrogens with two attached hydrogens (primary N) is 1. The van der Waals surface area contributed by atoms with E-state index in [0.717, 1.165) is 16.6 Å². The highest BCUT2D eigenvalue weighted by Crippen LogP contribution is 2.18. The summed E-state index contributed by atoms with van der Waals surface area (Å²) in [6.45, 7) is 1.95. The van der Waals surface area contributed by atoms with Crippen LogP contribution in [0.2, 0.25) is 0 Å². The van der Waals surface area contributed by atoms with Crippen molar-refractivity contribution in [3.8, 4) is 0 Å². The summed E-state index contributed by atoms with van der Waals surface area (Å²) in [5, 5.41) is 0.963. The summed E-state index contributed by atoms with van der Waals surface area (Å²) in [4.78, 5) is 16.9. The maximum absolute atomic E-state index is 12.4. The number of pyridine rings is 1. The SMILES string of the molecule is Cc1ccc2cc(C(=O)c3cccc(N)c3)ccc2n1. The summed E-state index contributed by atoms with van der Waals surface area (Å²) >= 11 is 0. The van der Waals surface area contributed by atoms with Gasteiger partial charge in [0.15, 0.2) is 5.78 Å². The van der Waals surface area contributed by atoms with Gasteiger partial charge >= 0.3 is 0 Å². The van der Waals surface area contributed by atoms with Gasteiger partial charge in [-0.2, -0.15) is 0 Å². The molecule has 0 saturated carbocycles. The third-order valence-electron chi connectivity index (χ3n) is 3.24. The molecule has 3 heteroatoms. The Morgan fingerprint density at radius 3 is 2.60 bits per heavy atom. The summed E-state index contributed by atoms with van der Waals surface area (Å²) in [6.07, 6.45) is 0. The quantitative estimate of drug-likeness (QED) is 0.569. The maximum atomic E-state index is 12.4. The summed E-state index contributed by atoms with van der Waals surface area (Å²) in [5.41, 5.74) is 9.42. The number of carbonyl (C=O) groups is 1. The van der Waals surface area contributed by atoms with Crippen LogP contribution in [0.5, 0.6) is 0 Å². The number of rotatable bonds is 2. The van der Waals surface area contributed by atoms with Crippen molar-refractivity contribution in [1.82, 2.24) is 4.98 Å². The first kappa shape index (κ1) is 12.4. The van der Waals surface area contributed by atoms with E-state index in [9.17, 15) is 4.79 Å². The lowest BCUT2D eigenvalue weighted by Crippen LogP contribution is -2.02. The van der Waals surface area contributed by atoms with Crippen LogP contribution < -0.4 is 5.73 Å². The van der Waals surface area contributed by atoms with Gasteiger partial charge in [0, 0.05) is 27.9 Å². The zero-order valence-electron chi connectivity index (χ0n) is 11.1. The van der Waals surface area contributed by atoms with Gasteiger partial charge in [0.05, 0.1) is 5.52 Å². The van der Waals surface area contributed by atoms with Crippen LogP contribution >= 0.6 is 0 Å². The summed E-state index contributed by atoms with van der Waals surface area (Å²) < 4.78 is 0. The van der Waals surface area contributed by atoms with Crippen molar-refractivity contribution in [2.45, 2.75) is 6.92 Å². The van der Waals surface area contributed by atoms with E-state index in [0.29, 0.717) is 16.8 Å². The lowest BCUT2D eigenvalue weighted by molar-refractivity contribution is 0.103. The monoisotopic (exact) mass is 262 g/mol. The van der Waals surface area contributed by atoms with Gasteiger partial charge in [0.25, 0.3) is 0 Å². The summed E-state index contributed by atoms with van der Waals surface area (Å²) in [6, 6.07) is 16.5. The minimum atomic E-state index is -0.0280. The third kappa shape index (κ3) is 2.26. The van der Waals surface area contributed by atoms with Gasteiger partial charge in [-0.1, -0.05) is 18.2 Å². The molecule has 0 unspecified atom stereocenters. The molecule has 0 atom stereocenters. The highest BCUT2D eigenvalue weighted by molar-refractivity contribution is 6.10. The Morgan fingerprint density at radius 2 is 1.80 bits per heavy atom. The van der Waals surface area contributed by atoms with Crippen LogP contribution in [0.4, 0.5) is 5.69 Å². The molecule has 3 aromatic rings. The van der Waals surface area contributed by atoms with Crippen molar-refractivity contribution in [3.63, 3.8) is 0 Å². The molecule has 0 spiro atoms. The van der Waals surface area contributed by atoms with E-state index < -0.39 is 0 Å². The van der Waals surface area contributed by atoms with Gasteiger partial charge in [-0.15, -0.1) is 0 Å². The third-order valence-corrected chi connectivity index (χ3v) is 3.24. The number of hydrogen-bond acceptors (Lipinski definition) is 3. The fourth-order valence-electron chi connectivity index (χ4n) is 2.22. The molecule has 20 heavy (non-hydrogen) atoms. The lowest BCUT2D eigenvalue weighted by Gasteiger charge is -2.04. The molecule has 0 fully saturated rings. The first-order valence-electron chi connectivity index (χ1n) is 6.41. The maximum Gasteiger partial charge on any atom is 0.193 e. The largest absolute Gasteiger partial charge is 0.399 e. The van der Waals surface area contributed by atoms with Gasteiger partial charge in [-0.3, -0.25) is 9.78 Å². The number of ketones is 1. The van der Waals surface area contributed by atoms with Gasteiger partial charge in [-0.05, 0) is 43.3 Å². The van der Waals surface area contributed by atoms with Crippen LogP contribution in [-0.4, -0.2) is 10.8 Å². The summed E-state index contributed by atoms with van der Waals surface area (Å²) in [7, 11) is 0. The van der Waals surface area contributed by atoms with Crippen LogP contribution in [0.1, 0.15) is 21.6 Å². The van der Waals surface area contributed by atoms with Crippen molar-refractivity contribution in [1.29, 1.82) is 0 Å². The molecule has 1 heterocycles. The number of fused-ring (bicyclic) bond motifs is 1. The van der Waals surface area contributed by atoms with Gasteiger partial charge in [0.1, 0.15) is 0 Å². The molecule has 2 N–H and O–H groups in total. The topological polar surface area (TPSA) is 56.0 Å². The average Bonchev–Trinajstić information content (AvgIpc) is 2.46. The van der Waals surface area contributed by atoms with E-state index in [4.69, 9.17) is 5.73 Å². The van der Waals surface area contributed by atoms with Gasteiger partial charge < -0.3 is 5.73 Å². The molecule has 0 amide bonds. The number of aromatic nitrogens is 1. The molecule has 0 bridgehead atoms. The molecule has 0 aliphatic carbocycles. The number of carbonyl (C=O) groups excluding carboxylic acids is 1. The molecule has 2 aromatic carbocycles. The minimum absolute atomic E-state index is 0.0280. The second-order valence-corrected chi connectivity index (χ2v) is 4.81.